The fraction of sp³-hybridized carbons (Fsp3) is 0.188. The van der Waals surface area contributed by atoms with Gasteiger partial charge in [0.05, 0.1) is 11.9 Å². The van der Waals surface area contributed by atoms with Gasteiger partial charge in [-0.15, -0.1) is 0 Å². The van der Waals surface area contributed by atoms with Crippen LogP contribution < -0.4 is 9.46 Å². The highest BCUT2D eigenvalue weighted by Gasteiger charge is 2.16. The Hall–Kier alpha value is -2.48. The van der Waals surface area contributed by atoms with Crippen molar-refractivity contribution in [1.82, 2.24) is 0 Å². The first-order chi connectivity index (χ1) is 11.1. The number of rotatable bonds is 5. The summed E-state index contributed by atoms with van der Waals surface area (Å²) in [4.78, 5) is 11.7. The van der Waals surface area contributed by atoms with E-state index in [0.29, 0.717) is 17.2 Å². The van der Waals surface area contributed by atoms with Gasteiger partial charge in [-0.2, -0.15) is 0 Å². The first-order valence-corrected chi connectivity index (χ1v) is 8.72. The number of anilines is 1. The Morgan fingerprint density at radius 3 is 2.33 bits per heavy atom. The Bertz CT molecular complexity index is 911. The zero-order valence-electron chi connectivity index (χ0n) is 13.2. The number of ether oxygens (including phenoxy) is 1. The second-order valence-electron chi connectivity index (χ2n) is 5.27. The predicted octanol–water partition coefficient (Wildman–Crippen LogP) is 3.64. The van der Waals surface area contributed by atoms with Crippen molar-refractivity contribution in [3.8, 4) is 11.5 Å². The minimum absolute atomic E-state index is 0.0451. The van der Waals surface area contributed by atoms with E-state index in [1.54, 1.807) is 6.92 Å². The number of Topliss-reactive ketones (excluding diaryl/α,β-unsaturated/α-hetero) is 1. The molecule has 128 valence electrons. The van der Waals surface area contributed by atoms with E-state index in [9.17, 15) is 22.0 Å². The Morgan fingerprint density at radius 1 is 1.12 bits per heavy atom. The van der Waals surface area contributed by atoms with Crippen molar-refractivity contribution in [2.24, 2.45) is 0 Å². The minimum Gasteiger partial charge on any atom is -0.452 e. The predicted molar refractivity (Wildman–Crippen MR) is 86.1 cm³/mol. The lowest BCUT2D eigenvalue weighted by molar-refractivity contribution is 0.101. The number of nitrogens with one attached hydrogen (secondary N) is 1. The molecule has 0 fully saturated rings. The van der Waals surface area contributed by atoms with Crippen LogP contribution in [0, 0.1) is 18.6 Å². The Balaban J connectivity index is 2.56. The molecular weight excluding hydrogens is 340 g/mol. The second-order valence-corrected chi connectivity index (χ2v) is 7.02. The fourth-order valence-corrected chi connectivity index (χ4v) is 2.67. The Labute approximate surface area is 138 Å². The molecule has 0 aromatic heterocycles. The summed E-state index contributed by atoms with van der Waals surface area (Å²) >= 11 is 0. The molecule has 5 nitrogen and oxygen atoms in total. The average molecular weight is 355 g/mol. The molecule has 0 bridgehead atoms. The molecule has 0 amide bonds. The highest BCUT2D eigenvalue weighted by Crippen LogP contribution is 2.34. The van der Waals surface area contributed by atoms with Gasteiger partial charge in [-0.3, -0.25) is 9.52 Å². The van der Waals surface area contributed by atoms with Crippen LogP contribution in [-0.2, 0) is 10.0 Å². The molecule has 0 saturated heterocycles. The maximum Gasteiger partial charge on any atom is 0.229 e. The summed E-state index contributed by atoms with van der Waals surface area (Å²) in [5.74, 6) is -2.36. The topological polar surface area (TPSA) is 72.5 Å². The van der Waals surface area contributed by atoms with Crippen molar-refractivity contribution >= 4 is 21.5 Å². The van der Waals surface area contributed by atoms with Gasteiger partial charge < -0.3 is 4.74 Å². The van der Waals surface area contributed by atoms with Crippen molar-refractivity contribution in [3.63, 3.8) is 0 Å². The SMILES string of the molecule is CC(=O)c1cc(Oc2ccc(F)cc2F)c(NS(C)(=O)=O)cc1C. The smallest absolute Gasteiger partial charge is 0.229 e. The molecule has 8 heteroatoms. The number of hydrogen-bond acceptors (Lipinski definition) is 4. The van der Waals surface area contributed by atoms with E-state index >= 15 is 0 Å². The summed E-state index contributed by atoms with van der Waals surface area (Å²) < 4.78 is 57.3. The van der Waals surface area contributed by atoms with E-state index in [4.69, 9.17) is 4.74 Å². The van der Waals surface area contributed by atoms with Crippen LogP contribution in [0.25, 0.3) is 0 Å². The van der Waals surface area contributed by atoms with Gasteiger partial charge in [0.25, 0.3) is 0 Å². The number of sulfonamides is 1. The summed E-state index contributed by atoms with van der Waals surface area (Å²) in [6, 6.07) is 5.44. The van der Waals surface area contributed by atoms with Crippen LogP contribution in [0.15, 0.2) is 30.3 Å². The molecule has 0 atom stereocenters. The van der Waals surface area contributed by atoms with Crippen molar-refractivity contribution in [2.75, 3.05) is 11.0 Å². The van der Waals surface area contributed by atoms with Crippen molar-refractivity contribution in [2.45, 2.75) is 13.8 Å². The lowest BCUT2D eigenvalue weighted by Crippen LogP contribution is -2.11. The number of hydrogen-bond donors (Lipinski definition) is 1. The number of carbonyl (C=O) groups excluding carboxylic acids is 1. The lowest BCUT2D eigenvalue weighted by Gasteiger charge is -2.15. The van der Waals surface area contributed by atoms with Gasteiger partial charge >= 0.3 is 0 Å². The van der Waals surface area contributed by atoms with Crippen LogP contribution in [0.4, 0.5) is 14.5 Å². The van der Waals surface area contributed by atoms with Crippen LogP contribution >= 0.6 is 0 Å². The second kappa shape index (κ2) is 6.56. The summed E-state index contributed by atoms with van der Waals surface area (Å²) in [6.45, 7) is 2.97. The van der Waals surface area contributed by atoms with Crippen LogP contribution in [0.1, 0.15) is 22.8 Å². The number of aryl methyl sites for hydroxylation is 1. The normalized spacial score (nSPS) is 11.2. The zero-order chi connectivity index (χ0) is 18.1. The fourth-order valence-electron chi connectivity index (χ4n) is 2.11. The minimum atomic E-state index is -3.63. The molecule has 0 heterocycles. The summed E-state index contributed by atoms with van der Waals surface area (Å²) in [5.41, 5.74) is 0.871. The van der Waals surface area contributed by atoms with Crippen LogP contribution in [0.5, 0.6) is 11.5 Å². The average Bonchev–Trinajstić information content (AvgIpc) is 2.42. The van der Waals surface area contributed by atoms with Crippen molar-refractivity contribution in [1.29, 1.82) is 0 Å². The van der Waals surface area contributed by atoms with Gasteiger partial charge in [0.2, 0.25) is 10.0 Å². The number of ketones is 1. The van der Waals surface area contributed by atoms with E-state index in [-0.39, 0.29) is 23.0 Å². The molecule has 0 saturated carbocycles. The molecule has 0 radical (unpaired) electrons. The number of benzene rings is 2. The molecular formula is C16H15F2NO4S. The molecule has 0 aliphatic heterocycles. The summed E-state index contributed by atoms with van der Waals surface area (Å²) in [5, 5.41) is 0. The van der Waals surface area contributed by atoms with Gasteiger partial charge in [-0.1, -0.05) is 0 Å². The molecule has 2 rings (SSSR count). The summed E-state index contributed by atoms with van der Waals surface area (Å²) in [7, 11) is -3.63. The molecule has 24 heavy (non-hydrogen) atoms. The van der Waals surface area contributed by atoms with Gasteiger partial charge in [0, 0.05) is 11.6 Å². The largest absolute Gasteiger partial charge is 0.452 e. The maximum absolute atomic E-state index is 13.8. The third-order valence-corrected chi connectivity index (χ3v) is 3.71. The van der Waals surface area contributed by atoms with E-state index in [1.807, 2.05) is 0 Å². The third kappa shape index (κ3) is 4.29. The first-order valence-electron chi connectivity index (χ1n) is 6.83. The van der Waals surface area contributed by atoms with Crippen molar-refractivity contribution < 1.29 is 26.7 Å². The monoisotopic (exact) mass is 355 g/mol. The van der Waals surface area contributed by atoms with E-state index in [0.717, 1.165) is 18.4 Å². The molecule has 2 aromatic rings. The van der Waals surface area contributed by atoms with Gasteiger partial charge in [0.1, 0.15) is 5.82 Å². The number of halogens is 2. The van der Waals surface area contributed by atoms with Crippen LogP contribution in [0.2, 0.25) is 0 Å². The first kappa shape index (κ1) is 17.9. The van der Waals surface area contributed by atoms with Crippen LogP contribution in [0.3, 0.4) is 0 Å². The van der Waals surface area contributed by atoms with E-state index in [2.05, 4.69) is 4.72 Å². The molecule has 0 aliphatic rings. The Kier molecular flexibility index (Phi) is 4.88. The molecule has 0 spiro atoms. The maximum atomic E-state index is 13.8. The molecule has 0 unspecified atom stereocenters. The summed E-state index contributed by atoms with van der Waals surface area (Å²) in [6.07, 6.45) is 0.948. The van der Waals surface area contributed by atoms with Crippen LogP contribution in [-0.4, -0.2) is 20.5 Å². The van der Waals surface area contributed by atoms with Crippen molar-refractivity contribution in [3.05, 3.63) is 53.1 Å². The number of carbonyl (C=O) groups is 1. The van der Waals surface area contributed by atoms with E-state index in [1.165, 1.54) is 19.1 Å². The van der Waals surface area contributed by atoms with Gasteiger partial charge in [-0.05, 0) is 43.7 Å². The standard InChI is InChI=1S/C16H15F2NO4S/c1-9-6-14(19-24(3,21)22)16(8-12(9)10(2)20)23-15-5-4-11(17)7-13(15)18/h4-8,19H,1-3H3. The molecule has 0 aliphatic carbocycles. The quantitative estimate of drug-likeness (QED) is 0.831. The van der Waals surface area contributed by atoms with Gasteiger partial charge in [0.15, 0.2) is 23.1 Å². The lowest BCUT2D eigenvalue weighted by atomic mass is 10.0. The highest BCUT2D eigenvalue weighted by atomic mass is 32.2. The zero-order valence-corrected chi connectivity index (χ0v) is 14.0. The Morgan fingerprint density at radius 2 is 1.79 bits per heavy atom. The third-order valence-electron chi connectivity index (χ3n) is 3.12. The highest BCUT2D eigenvalue weighted by molar-refractivity contribution is 7.92. The molecule has 1 N–H and O–H groups in total. The van der Waals surface area contributed by atoms with Gasteiger partial charge in [-0.25, -0.2) is 17.2 Å². The van der Waals surface area contributed by atoms with E-state index < -0.39 is 21.7 Å². The molecule has 2 aromatic carbocycles.